The summed E-state index contributed by atoms with van der Waals surface area (Å²) in [5, 5.41) is 2.53. The largest absolute Gasteiger partial charge is 0.493 e. The number of fused-ring (bicyclic) bond motifs is 1. The molecule has 4 heterocycles. The Labute approximate surface area is 260 Å². The number of anilines is 1. The summed E-state index contributed by atoms with van der Waals surface area (Å²) in [4.78, 5) is 24.1. The first-order chi connectivity index (χ1) is 20.8. The summed E-state index contributed by atoms with van der Waals surface area (Å²) < 4.78 is 94.1. The molecule has 1 fully saturated rings. The van der Waals surface area contributed by atoms with Gasteiger partial charge in [0.1, 0.15) is 14.9 Å². The third-order valence-electron chi connectivity index (χ3n) is 7.02. The van der Waals surface area contributed by atoms with Gasteiger partial charge in [0.15, 0.2) is 0 Å². The number of benzene rings is 1. The lowest BCUT2D eigenvalue weighted by molar-refractivity contribution is -0.199. The van der Waals surface area contributed by atoms with Gasteiger partial charge in [-0.1, -0.05) is 22.7 Å². The van der Waals surface area contributed by atoms with Gasteiger partial charge < -0.3 is 9.40 Å². The molecular weight excluding hydrogens is 664 g/mol. The molecule has 0 unspecified atom stereocenters. The van der Waals surface area contributed by atoms with Crippen molar-refractivity contribution in [2.75, 3.05) is 36.4 Å². The van der Waals surface area contributed by atoms with Crippen molar-refractivity contribution in [3.05, 3.63) is 52.9 Å². The number of alkyl halides is 3. The summed E-state index contributed by atoms with van der Waals surface area (Å²) in [7, 11) is -7.98. The molecule has 44 heavy (non-hydrogen) atoms. The maximum absolute atomic E-state index is 13.5. The number of para-hydroxylation sites is 1. The fourth-order valence-electron chi connectivity index (χ4n) is 4.87. The molecule has 0 spiro atoms. The van der Waals surface area contributed by atoms with Crippen LogP contribution in [0, 0.1) is 0 Å². The molecule has 1 aliphatic rings. The van der Waals surface area contributed by atoms with Crippen molar-refractivity contribution in [3.63, 3.8) is 0 Å². The summed E-state index contributed by atoms with van der Waals surface area (Å²) in [5.74, 6) is -2.62. The molecule has 0 atom stereocenters. The first-order valence-corrected chi connectivity index (χ1v) is 18.2. The van der Waals surface area contributed by atoms with E-state index < -0.39 is 32.2 Å². The summed E-state index contributed by atoms with van der Waals surface area (Å²) in [5.41, 5.74) is 0.573. The predicted octanol–water partition coefficient (Wildman–Crippen LogP) is 4.53. The van der Waals surface area contributed by atoms with Gasteiger partial charge in [-0.25, -0.2) is 18.2 Å². The lowest BCUT2D eigenvalue weighted by atomic mass is 10.2. The van der Waals surface area contributed by atoms with E-state index in [1.54, 1.807) is 36.7 Å². The molecule has 1 saturated heterocycles. The molecule has 0 saturated carbocycles. The molecule has 1 aromatic carbocycles. The molecule has 18 heteroatoms. The zero-order valence-electron chi connectivity index (χ0n) is 23.5. The van der Waals surface area contributed by atoms with E-state index in [9.17, 15) is 34.8 Å². The van der Waals surface area contributed by atoms with Gasteiger partial charge in [-0.2, -0.15) is 25.9 Å². The maximum atomic E-state index is 13.5. The van der Waals surface area contributed by atoms with Gasteiger partial charge in [-0.3, -0.25) is 4.90 Å². The number of carbonyl (C=O) groups excluding carboxylic acids is 1. The minimum Gasteiger partial charge on any atom is -0.337 e. The van der Waals surface area contributed by atoms with E-state index in [4.69, 9.17) is 0 Å². The standard InChI is InChI=1S/C26H28F3N5O6S4/c1-3-33-21(24-30-16-19(42-24)17-31-10-12-32(13-11-31)43(36,37)4-2)15-18-7-5-8-20(23(18)33)34(40-25(35)26(27,28)29)44(38,39)22-9-6-14-41-22/h5-9,14-16H,3-4,10-13,17H2,1-2H3. The highest BCUT2D eigenvalue weighted by molar-refractivity contribution is 7.94. The fourth-order valence-corrected chi connectivity index (χ4v) is 9.23. The first kappa shape index (κ1) is 32.4. The highest BCUT2D eigenvalue weighted by Gasteiger charge is 2.45. The summed E-state index contributed by atoms with van der Waals surface area (Å²) in [6.07, 6.45) is -3.73. The van der Waals surface area contributed by atoms with E-state index in [0.717, 1.165) is 16.2 Å². The maximum Gasteiger partial charge on any atom is 0.493 e. The number of sulfonamides is 2. The minimum atomic E-state index is -5.44. The number of aryl methyl sites for hydroxylation is 1. The average Bonchev–Trinajstić information content (AvgIpc) is 3.75. The topological polar surface area (TPSA) is 122 Å². The van der Waals surface area contributed by atoms with Gasteiger partial charge in [-0.15, -0.1) is 22.7 Å². The van der Waals surface area contributed by atoms with Gasteiger partial charge in [-0.05, 0) is 37.4 Å². The number of piperazine rings is 1. The SMILES string of the molecule is CCn1c(-c2ncc(CN3CCN(S(=O)(=O)CC)CC3)s2)cc2cccc(N(OC(=O)C(F)(F)F)S(=O)(=O)c3cccs3)c21. The van der Waals surface area contributed by atoms with Crippen LogP contribution in [0.1, 0.15) is 18.7 Å². The molecule has 1 aliphatic heterocycles. The second-order valence-corrected chi connectivity index (χ2v) is 16.0. The Morgan fingerprint density at radius 2 is 1.80 bits per heavy atom. The molecule has 238 valence electrons. The number of rotatable bonds is 10. The predicted molar refractivity (Wildman–Crippen MR) is 161 cm³/mol. The number of thiazole rings is 1. The number of thiophene rings is 1. The second-order valence-electron chi connectivity index (χ2n) is 9.74. The van der Waals surface area contributed by atoms with Gasteiger partial charge >= 0.3 is 22.2 Å². The monoisotopic (exact) mass is 691 g/mol. The number of aromatic nitrogens is 2. The van der Waals surface area contributed by atoms with Gasteiger partial charge in [0.25, 0.3) is 0 Å². The van der Waals surface area contributed by atoms with Crippen molar-refractivity contribution >= 4 is 65.3 Å². The minimum absolute atomic E-state index is 0.0403. The quantitative estimate of drug-likeness (QED) is 0.223. The summed E-state index contributed by atoms with van der Waals surface area (Å²) in [6.45, 7) is 6.18. The molecule has 0 bridgehead atoms. The molecule has 0 N–H and O–H groups in total. The van der Waals surface area contributed by atoms with Crippen molar-refractivity contribution in [2.45, 2.75) is 37.3 Å². The number of hydrogen-bond donors (Lipinski definition) is 0. The lowest BCUT2D eigenvalue weighted by Crippen LogP contribution is -2.48. The van der Waals surface area contributed by atoms with E-state index in [1.165, 1.54) is 45.3 Å². The molecule has 0 amide bonds. The average molecular weight is 692 g/mol. The molecule has 5 rings (SSSR count). The first-order valence-electron chi connectivity index (χ1n) is 13.4. The molecule has 11 nitrogen and oxygen atoms in total. The van der Waals surface area contributed by atoms with Gasteiger partial charge in [0.2, 0.25) is 10.0 Å². The Hall–Kier alpha value is -3.03. The van der Waals surface area contributed by atoms with Crippen LogP contribution in [0.3, 0.4) is 0 Å². The van der Waals surface area contributed by atoms with E-state index >= 15 is 0 Å². The number of carbonyl (C=O) groups is 1. The van der Waals surface area contributed by atoms with Crippen LogP contribution in [0.5, 0.6) is 0 Å². The Kier molecular flexibility index (Phi) is 9.12. The van der Waals surface area contributed by atoms with Crippen molar-refractivity contribution in [3.8, 4) is 10.7 Å². The van der Waals surface area contributed by atoms with Crippen molar-refractivity contribution in [1.29, 1.82) is 0 Å². The van der Waals surface area contributed by atoms with Crippen LogP contribution >= 0.6 is 22.7 Å². The fraction of sp³-hybridized carbons (Fsp3) is 0.385. The van der Waals surface area contributed by atoms with E-state index in [-0.39, 0.29) is 25.6 Å². The summed E-state index contributed by atoms with van der Waals surface area (Å²) in [6, 6.07) is 8.79. The molecule has 4 aromatic rings. The van der Waals surface area contributed by atoms with Crippen LogP contribution in [0.15, 0.2) is 52.2 Å². The summed E-state index contributed by atoms with van der Waals surface area (Å²) >= 11 is 2.17. The second kappa shape index (κ2) is 12.4. The molecule has 3 aromatic heterocycles. The van der Waals surface area contributed by atoms with E-state index in [2.05, 4.69) is 14.7 Å². The van der Waals surface area contributed by atoms with Gasteiger partial charge in [0, 0.05) is 55.7 Å². The Bertz CT molecular complexity index is 1860. The number of nitrogens with zero attached hydrogens (tertiary/aromatic N) is 5. The van der Waals surface area contributed by atoms with Crippen LogP contribution in [0.2, 0.25) is 0 Å². The van der Waals surface area contributed by atoms with Crippen molar-refractivity contribution in [2.24, 2.45) is 0 Å². The van der Waals surface area contributed by atoms with E-state index in [1.807, 2.05) is 0 Å². The van der Waals surface area contributed by atoms with Crippen LogP contribution < -0.4 is 4.47 Å². The van der Waals surface area contributed by atoms with Crippen LogP contribution in [-0.2, 0) is 42.8 Å². The third-order valence-corrected chi connectivity index (χ3v) is 12.8. The Morgan fingerprint density at radius 3 is 2.41 bits per heavy atom. The zero-order valence-corrected chi connectivity index (χ0v) is 26.8. The lowest BCUT2D eigenvalue weighted by Gasteiger charge is -2.33. The number of halogens is 3. The van der Waals surface area contributed by atoms with Crippen LogP contribution in [0.25, 0.3) is 21.6 Å². The molecule has 0 radical (unpaired) electrons. The van der Waals surface area contributed by atoms with Crippen LogP contribution in [0.4, 0.5) is 18.9 Å². The van der Waals surface area contributed by atoms with Gasteiger partial charge in [0.05, 0.1) is 17.0 Å². The van der Waals surface area contributed by atoms with E-state index in [0.29, 0.717) is 55.4 Å². The van der Waals surface area contributed by atoms with Crippen molar-refractivity contribution < 1.29 is 39.6 Å². The van der Waals surface area contributed by atoms with Crippen molar-refractivity contribution in [1.82, 2.24) is 18.8 Å². The number of hydrogen-bond acceptors (Lipinski definition) is 10. The molecular formula is C26H28F3N5O6S4. The highest BCUT2D eigenvalue weighted by atomic mass is 32.2. The Balaban J connectivity index is 1.49. The smallest absolute Gasteiger partial charge is 0.337 e. The highest BCUT2D eigenvalue weighted by Crippen LogP contribution is 2.39. The van der Waals surface area contributed by atoms with Crippen LogP contribution in [-0.4, -0.2) is 79.7 Å². The normalized spacial score (nSPS) is 15.6. The zero-order chi connectivity index (χ0) is 31.9. The Morgan fingerprint density at radius 1 is 1.07 bits per heavy atom. The third kappa shape index (κ3) is 6.36. The molecule has 0 aliphatic carbocycles.